The van der Waals surface area contributed by atoms with Crippen LogP contribution < -0.4 is 19.7 Å². The van der Waals surface area contributed by atoms with Gasteiger partial charge in [-0.15, -0.1) is 0 Å². The SMILES string of the molecule is C[C@@H](NC(=O)C[NH+](C)Cc1ccc2c(c1)OCO2)c1cc2ccccc2o1. The summed E-state index contributed by atoms with van der Waals surface area (Å²) in [5.41, 5.74) is 1.94. The maximum atomic E-state index is 12.4. The Bertz CT molecular complexity index is 933. The fourth-order valence-corrected chi connectivity index (χ4v) is 3.32. The first-order valence-corrected chi connectivity index (χ1v) is 9.06. The Hall–Kier alpha value is -2.99. The molecule has 1 aromatic heterocycles. The van der Waals surface area contributed by atoms with Gasteiger partial charge in [0.1, 0.15) is 17.9 Å². The molecule has 1 amide bonds. The molecule has 2 N–H and O–H groups in total. The number of amides is 1. The number of para-hydroxylation sites is 1. The number of fused-ring (bicyclic) bond motifs is 2. The van der Waals surface area contributed by atoms with E-state index in [-0.39, 0.29) is 18.7 Å². The average Bonchev–Trinajstić information content (AvgIpc) is 3.27. The van der Waals surface area contributed by atoms with Crippen molar-refractivity contribution in [2.45, 2.75) is 19.5 Å². The van der Waals surface area contributed by atoms with E-state index < -0.39 is 0 Å². The summed E-state index contributed by atoms with van der Waals surface area (Å²) in [5.74, 6) is 2.29. The van der Waals surface area contributed by atoms with E-state index in [2.05, 4.69) is 5.32 Å². The molecule has 1 aliphatic rings. The van der Waals surface area contributed by atoms with Gasteiger partial charge in [-0.1, -0.05) is 18.2 Å². The Labute approximate surface area is 157 Å². The normalized spacial score (nSPS) is 14.9. The fourth-order valence-electron chi connectivity index (χ4n) is 3.32. The summed E-state index contributed by atoms with van der Waals surface area (Å²) in [5, 5.41) is 4.06. The number of carbonyl (C=O) groups excluding carboxylic acids is 1. The van der Waals surface area contributed by atoms with E-state index in [1.807, 2.05) is 62.5 Å². The molecule has 27 heavy (non-hydrogen) atoms. The van der Waals surface area contributed by atoms with Crippen LogP contribution in [0.4, 0.5) is 0 Å². The Kier molecular flexibility index (Phi) is 4.73. The Morgan fingerprint density at radius 1 is 1.15 bits per heavy atom. The Morgan fingerprint density at radius 3 is 2.81 bits per heavy atom. The highest BCUT2D eigenvalue weighted by Gasteiger charge is 2.18. The zero-order valence-electron chi connectivity index (χ0n) is 15.5. The van der Waals surface area contributed by atoms with E-state index in [4.69, 9.17) is 13.9 Å². The van der Waals surface area contributed by atoms with Crippen molar-refractivity contribution in [3.05, 3.63) is 59.9 Å². The molecule has 0 bridgehead atoms. The molecule has 140 valence electrons. The van der Waals surface area contributed by atoms with Gasteiger partial charge in [0.2, 0.25) is 6.79 Å². The summed E-state index contributed by atoms with van der Waals surface area (Å²) in [6.45, 7) is 3.30. The van der Waals surface area contributed by atoms with Crippen molar-refractivity contribution in [1.82, 2.24) is 5.32 Å². The highest BCUT2D eigenvalue weighted by atomic mass is 16.7. The first kappa shape index (κ1) is 17.4. The molecule has 6 nitrogen and oxygen atoms in total. The zero-order chi connectivity index (χ0) is 18.8. The third-order valence-electron chi connectivity index (χ3n) is 4.65. The van der Waals surface area contributed by atoms with Crippen LogP contribution in [-0.4, -0.2) is 26.3 Å². The molecular formula is C21H23N2O4+. The summed E-state index contributed by atoms with van der Waals surface area (Å²) in [6, 6.07) is 15.5. The molecule has 1 unspecified atom stereocenters. The summed E-state index contributed by atoms with van der Waals surface area (Å²) in [7, 11) is 2.00. The van der Waals surface area contributed by atoms with Gasteiger partial charge in [-0.2, -0.15) is 0 Å². The van der Waals surface area contributed by atoms with E-state index in [1.54, 1.807) is 0 Å². The van der Waals surface area contributed by atoms with Crippen LogP contribution >= 0.6 is 0 Å². The van der Waals surface area contributed by atoms with Crippen LogP contribution in [0, 0.1) is 0 Å². The third-order valence-corrected chi connectivity index (χ3v) is 4.65. The number of benzene rings is 2. The molecule has 6 heteroatoms. The molecule has 2 atom stereocenters. The van der Waals surface area contributed by atoms with Crippen LogP contribution in [0.2, 0.25) is 0 Å². The van der Waals surface area contributed by atoms with E-state index in [0.29, 0.717) is 6.54 Å². The predicted molar refractivity (Wildman–Crippen MR) is 101 cm³/mol. The van der Waals surface area contributed by atoms with Gasteiger partial charge in [0, 0.05) is 10.9 Å². The standard InChI is InChI=1S/C21H22N2O4/c1-14(19-10-16-5-3-4-6-17(16)27-19)22-21(24)12-23(2)11-15-7-8-18-20(9-15)26-13-25-18/h3-10,14H,11-13H2,1-2H3,(H,22,24)/p+1/t14-/m1/s1. The van der Waals surface area contributed by atoms with Crippen LogP contribution in [0.1, 0.15) is 24.3 Å². The topological polar surface area (TPSA) is 65.1 Å². The number of furan rings is 1. The first-order valence-electron chi connectivity index (χ1n) is 9.06. The van der Waals surface area contributed by atoms with Crippen molar-refractivity contribution in [1.29, 1.82) is 0 Å². The zero-order valence-corrected chi connectivity index (χ0v) is 15.5. The number of hydrogen-bond donors (Lipinski definition) is 2. The summed E-state index contributed by atoms with van der Waals surface area (Å²) < 4.78 is 16.6. The molecule has 3 aromatic rings. The quantitative estimate of drug-likeness (QED) is 0.700. The van der Waals surface area contributed by atoms with Gasteiger partial charge in [0.25, 0.3) is 5.91 Å². The lowest BCUT2D eigenvalue weighted by Gasteiger charge is -2.16. The maximum Gasteiger partial charge on any atom is 0.275 e. The smallest absolute Gasteiger partial charge is 0.275 e. The largest absolute Gasteiger partial charge is 0.459 e. The first-order chi connectivity index (χ1) is 13.1. The molecule has 0 aliphatic carbocycles. The lowest BCUT2D eigenvalue weighted by Crippen LogP contribution is -3.08. The Balaban J connectivity index is 1.32. The molecule has 2 aromatic carbocycles. The molecule has 0 radical (unpaired) electrons. The lowest BCUT2D eigenvalue weighted by atomic mass is 10.2. The molecule has 0 saturated carbocycles. The molecular weight excluding hydrogens is 344 g/mol. The summed E-state index contributed by atoms with van der Waals surface area (Å²) in [6.07, 6.45) is 0. The van der Waals surface area contributed by atoms with Crippen LogP contribution in [-0.2, 0) is 11.3 Å². The summed E-state index contributed by atoms with van der Waals surface area (Å²) in [4.78, 5) is 13.5. The van der Waals surface area contributed by atoms with E-state index in [9.17, 15) is 4.79 Å². The number of nitrogens with one attached hydrogen (secondary N) is 2. The van der Waals surface area contributed by atoms with Crippen molar-refractivity contribution in [3.63, 3.8) is 0 Å². The number of likely N-dealkylation sites (N-methyl/N-ethyl adjacent to an activating group) is 1. The molecule has 0 saturated heterocycles. The van der Waals surface area contributed by atoms with Gasteiger partial charge >= 0.3 is 0 Å². The average molecular weight is 367 g/mol. The molecule has 2 heterocycles. The number of ether oxygens (including phenoxy) is 2. The van der Waals surface area contributed by atoms with Crippen molar-refractivity contribution >= 4 is 16.9 Å². The molecule has 4 rings (SSSR count). The minimum absolute atomic E-state index is 0.0128. The second-order valence-electron chi connectivity index (χ2n) is 6.97. The van der Waals surface area contributed by atoms with Gasteiger partial charge in [0.15, 0.2) is 18.0 Å². The Morgan fingerprint density at radius 2 is 1.96 bits per heavy atom. The molecule has 1 aliphatic heterocycles. The van der Waals surface area contributed by atoms with E-state index in [1.165, 1.54) is 0 Å². The lowest BCUT2D eigenvalue weighted by molar-refractivity contribution is -0.885. The second kappa shape index (κ2) is 7.32. The maximum absolute atomic E-state index is 12.4. The second-order valence-corrected chi connectivity index (χ2v) is 6.97. The van der Waals surface area contributed by atoms with Crippen molar-refractivity contribution in [2.75, 3.05) is 20.4 Å². The van der Waals surface area contributed by atoms with Gasteiger partial charge in [0.05, 0.1) is 13.1 Å². The van der Waals surface area contributed by atoms with Crippen LogP contribution in [0.5, 0.6) is 11.5 Å². The van der Waals surface area contributed by atoms with Crippen molar-refractivity contribution in [3.8, 4) is 11.5 Å². The molecule has 0 spiro atoms. The fraction of sp³-hybridized carbons (Fsp3) is 0.286. The van der Waals surface area contributed by atoms with Crippen LogP contribution in [0.25, 0.3) is 11.0 Å². The predicted octanol–water partition coefficient (Wildman–Crippen LogP) is 2.05. The van der Waals surface area contributed by atoms with Gasteiger partial charge in [-0.3, -0.25) is 4.79 Å². The minimum atomic E-state index is -0.178. The number of quaternary nitrogens is 1. The van der Waals surface area contributed by atoms with Gasteiger partial charge in [-0.25, -0.2) is 0 Å². The monoisotopic (exact) mass is 367 g/mol. The number of carbonyl (C=O) groups is 1. The number of hydrogen-bond acceptors (Lipinski definition) is 4. The highest BCUT2D eigenvalue weighted by Crippen LogP contribution is 2.32. The molecule has 0 fully saturated rings. The van der Waals surface area contributed by atoms with Crippen LogP contribution in [0.15, 0.2) is 52.9 Å². The number of rotatable bonds is 6. The van der Waals surface area contributed by atoms with E-state index >= 15 is 0 Å². The summed E-state index contributed by atoms with van der Waals surface area (Å²) >= 11 is 0. The highest BCUT2D eigenvalue weighted by molar-refractivity contribution is 5.79. The van der Waals surface area contributed by atoms with Crippen molar-refractivity contribution < 1.29 is 23.6 Å². The minimum Gasteiger partial charge on any atom is -0.459 e. The van der Waals surface area contributed by atoms with Crippen LogP contribution in [0.3, 0.4) is 0 Å². The van der Waals surface area contributed by atoms with Crippen molar-refractivity contribution in [2.24, 2.45) is 0 Å². The van der Waals surface area contributed by atoms with Gasteiger partial charge < -0.3 is 24.1 Å². The third kappa shape index (κ3) is 3.90. The van der Waals surface area contributed by atoms with Gasteiger partial charge in [-0.05, 0) is 37.3 Å². The van der Waals surface area contributed by atoms with E-state index in [0.717, 1.165) is 45.2 Å².